The van der Waals surface area contributed by atoms with Crippen LogP contribution in [0.2, 0.25) is 5.02 Å². The Morgan fingerprint density at radius 3 is 2.64 bits per heavy atom. The number of halogens is 1. The summed E-state index contributed by atoms with van der Waals surface area (Å²) in [7, 11) is 0. The van der Waals surface area contributed by atoms with Gasteiger partial charge < -0.3 is 10.4 Å². The summed E-state index contributed by atoms with van der Waals surface area (Å²) in [5, 5.41) is 13.2. The molecule has 0 bridgehead atoms. The number of carbonyl (C=O) groups is 2. The van der Waals surface area contributed by atoms with Crippen LogP contribution in [0, 0.1) is 5.92 Å². The lowest BCUT2D eigenvalue weighted by atomic mass is 9.78. The van der Waals surface area contributed by atoms with Crippen LogP contribution < -0.4 is 5.32 Å². The van der Waals surface area contributed by atoms with Crippen LogP contribution in [0.25, 0.3) is 0 Å². The van der Waals surface area contributed by atoms with Crippen molar-refractivity contribution in [3.63, 3.8) is 0 Å². The number of benzene rings is 2. The summed E-state index contributed by atoms with van der Waals surface area (Å²) < 4.78 is 0. The average molecular weight is 354 g/mol. The van der Waals surface area contributed by atoms with Gasteiger partial charge in [0.25, 0.3) is 0 Å². The third-order valence-electron chi connectivity index (χ3n) is 4.98. The number of rotatable bonds is 3. The minimum atomic E-state index is -0.905. The van der Waals surface area contributed by atoms with Gasteiger partial charge in [-0.3, -0.25) is 4.79 Å². The van der Waals surface area contributed by atoms with Gasteiger partial charge in [-0.25, -0.2) is 4.79 Å². The summed E-state index contributed by atoms with van der Waals surface area (Å²) in [6.07, 6.45) is 4.72. The van der Waals surface area contributed by atoms with E-state index in [1.165, 1.54) is 0 Å². The van der Waals surface area contributed by atoms with Gasteiger partial charge in [0.2, 0.25) is 0 Å². The second-order valence-electron chi connectivity index (χ2n) is 6.43. The zero-order chi connectivity index (χ0) is 17.6. The van der Waals surface area contributed by atoms with Crippen LogP contribution in [0.1, 0.15) is 33.8 Å². The predicted octanol–water partition coefficient (Wildman–Crippen LogP) is 4.11. The zero-order valence-corrected chi connectivity index (χ0v) is 14.0. The molecular formula is C20H16ClNO3. The van der Waals surface area contributed by atoms with Crippen molar-refractivity contribution in [2.75, 3.05) is 5.32 Å². The molecule has 0 saturated heterocycles. The molecule has 2 N–H and O–H groups in total. The van der Waals surface area contributed by atoms with E-state index in [0.29, 0.717) is 28.3 Å². The summed E-state index contributed by atoms with van der Waals surface area (Å²) in [5.74, 6) is -1.18. The summed E-state index contributed by atoms with van der Waals surface area (Å²) >= 11 is 6.28. The molecule has 126 valence electrons. The standard InChI is InChI=1S/C20H16ClNO3/c21-12-9-15-13-7-4-8-14(13)18(20(24)25)22-17(15)16(10-12)19(23)11-5-2-1-3-6-11/h1-7,9-10,13-14,18,22H,8H2,(H,24,25)/t13-,14-,18-/m0/s1. The van der Waals surface area contributed by atoms with Gasteiger partial charge in [-0.1, -0.05) is 54.1 Å². The topological polar surface area (TPSA) is 66.4 Å². The molecule has 4 rings (SSSR count). The first-order valence-electron chi connectivity index (χ1n) is 8.15. The quantitative estimate of drug-likeness (QED) is 0.643. The molecule has 2 aliphatic rings. The van der Waals surface area contributed by atoms with Crippen LogP contribution in [0.3, 0.4) is 0 Å². The number of carboxylic acid groups (broad SMARTS) is 1. The molecule has 1 aliphatic carbocycles. The number of carbonyl (C=O) groups excluding carboxylic acids is 1. The molecule has 25 heavy (non-hydrogen) atoms. The number of anilines is 1. The average Bonchev–Trinajstić information content (AvgIpc) is 3.10. The maximum Gasteiger partial charge on any atom is 0.326 e. The van der Waals surface area contributed by atoms with Crippen LogP contribution >= 0.6 is 11.6 Å². The van der Waals surface area contributed by atoms with Crippen molar-refractivity contribution in [1.82, 2.24) is 0 Å². The number of fused-ring (bicyclic) bond motifs is 3. The van der Waals surface area contributed by atoms with Gasteiger partial charge in [0.15, 0.2) is 5.78 Å². The lowest BCUT2D eigenvalue weighted by Crippen LogP contribution is -2.42. The summed E-state index contributed by atoms with van der Waals surface area (Å²) in [6, 6.07) is 11.6. The Morgan fingerprint density at radius 1 is 1.16 bits per heavy atom. The molecule has 0 amide bonds. The molecule has 0 spiro atoms. The highest BCUT2D eigenvalue weighted by atomic mass is 35.5. The first-order chi connectivity index (χ1) is 12.1. The van der Waals surface area contributed by atoms with Crippen LogP contribution in [0.5, 0.6) is 0 Å². The fraction of sp³-hybridized carbons (Fsp3) is 0.200. The molecule has 0 unspecified atom stereocenters. The molecule has 1 heterocycles. The van der Waals surface area contributed by atoms with Gasteiger partial charge in [-0.2, -0.15) is 0 Å². The second kappa shape index (κ2) is 6.05. The number of nitrogens with one attached hydrogen (secondary N) is 1. The van der Waals surface area contributed by atoms with E-state index in [-0.39, 0.29) is 17.6 Å². The van der Waals surface area contributed by atoms with Gasteiger partial charge in [0.1, 0.15) is 6.04 Å². The highest BCUT2D eigenvalue weighted by Gasteiger charge is 2.42. The molecule has 0 saturated carbocycles. The number of ketones is 1. The van der Waals surface area contributed by atoms with Gasteiger partial charge in [-0.05, 0) is 24.1 Å². The zero-order valence-electron chi connectivity index (χ0n) is 13.3. The SMILES string of the molecule is O=C(c1ccccc1)c1cc(Cl)cc2c1N[C@H](C(=O)O)[C@H]1CC=C[C@H]21. The molecule has 2 aromatic rings. The van der Waals surface area contributed by atoms with Crippen molar-refractivity contribution in [2.24, 2.45) is 5.92 Å². The third-order valence-corrected chi connectivity index (χ3v) is 5.20. The lowest BCUT2D eigenvalue weighted by Gasteiger charge is -2.35. The van der Waals surface area contributed by atoms with Gasteiger partial charge in [0.05, 0.1) is 0 Å². The van der Waals surface area contributed by atoms with E-state index < -0.39 is 12.0 Å². The van der Waals surface area contributed by atoms with E-state index in [1.807, 2.05) is 24.3 Å². The summed E-state index contributed by atoms with van der Waals surface area (Å²) in [6.45, 7) is 0. The number of aliphatic carboxylic acids is 1. The van der Waals surface area contributed by atoms with Crippen LogP contribution in [-0.4, -0.2) is 22.9 Å². The predicted molar refractivity (Wildman–Crippen MR) is 96.4 cm³/mol. The second-order valence-corrected chi connectivity index (χ2v) is 6.86. The van der Waals surface area contributed by atoms with E-state index in [0.717, 1.165) is 5.56 Å². The van der Waals surface area contributed by atoms with Crippen LogP contribution in [-0.2, 0) is 4.79 Å². The number of hydrogen-bond acceptors (Lipinski definition) is 3. The molecule has 1 aliphatic heterocycles. The Balaban J connectivity index is 1.87. The first kappa shape index (κ1) is 15.9. The van der Waals surface area contributed by atoms with E-state index in [4.69, 9.17) is 11.6 Å². The number of hydrogen-bond donors (Lipinski definition) is 2. The summed E-state index contributed by atoms with van der Waals surface area (Å²) in [5.41, 5.74) is 2.44. The van der Waals surface area contributed by atoms with Crippen LogP contribution in [0.4, 0.5) is 5.69 Å². The van der Waals surface area contributed by atoms with E-state index in [9.17, 15) is 14.7 Å². The number of allylic oxidation sites excluding steroid dienone is 2. The molecule has 3 atom stereocenters. The Kier molecular flexibility index (Phi) is 3.85. The number of carboxylic acids is 1. The van der Waals surface area contributed by atoms with Gasteiger partial charge in [0, 0.05) is 33.7 Å². The molecule has 0 aromatic heterocycles. The van der Waals surface area contributed by atoms with Crippen molar-refractivity contribution in [2.45, 2.75) is 18.4 Å². The minimum absolute atomic E-state index is 0.0432. The highest BCUT2D eigenvalue weighted by molar-refractivity contribution is 6.31. The Labute approximate surface area is 150 Å². The summed E-state index contributed by atoms with van der Waals surface area (Å²) in [4.78, 5) is 24.7. The van der Waals surface area contributed by atoms with Gasteiger partial charge in [-0.15, -0.1) is 0 Å². The minimum Gasteiger partial charge on any atom is -0.480 e. The maximum absolute atomic E-state index is 13.0. The van der Waals surface area contributed by atoms with E-state index in [1.54, 1.807) is 30.3 Å². The molecule has 4 nitrogen and oxygen atoms in total. The van der Waals surface area contributed by atoms with E-state index in [2.05, 4.69) is 5.32 Å². The normalized spacial score (nSPS) is 23.5. The smallest absolute Gasteiger partial charge is 0.326 e. The molecule has 2 aromatic carbocycles. The molecular weight excluding hydrogens is 338 g/mol. The largest absolute Gasteiger partial charge is 0.480 e. The molecule has 0 fully saturated rings. The van der Waals surface area contributed by atoms with Crippen molar-refractivity contribution < 1.29 is 14.7 Å². The molecule has 0 radical (unpaired) electrons. The Bertz CT molecular complexity index is 891. The van der Waals surface area contributed by atoms with Crippen molar-refractivity contribution in [3.05, 3.63) is 76.3 Å². The third kappa shape index (κ3) is 2.63. The van der Waals surface area contributed by atoms with Crippen molar-refractivity contribution in [1.29, 1.82) is 0 Å². The fourth-order valence-electron chi connectivity index (χ4n) is 3.83. The highest BCUT2D eigenvalue weighted by Crippen LogP contribution is 2.47. The Morgan fingerprint density at radius 2 is 1.92 bits per heavy atom. The molecule has 5 heteroatoms. The van der Waals surface area contributed by atoms with Crippen LogP contribution in [0.15, 0.2) is 54.6 Å². The van der Waals surface area contributed by atoms with Crippen molar-refractivity contribution >= 4 is 29.0 Å². The fourth-order valence-corrected chi connectivity index (χ4v) is 4.06. The van der Waals surface area contributed by atoms with Gasteiger partial charge >= 0.3 is 5.97 Å². The van der Waals surface area contributed by atoms with Crippen molar-refractivity contribution in [3.8, 4) is 0 Å². The van der Waals surface area contributed by atoms with E-state index >= 15 is 0 Å². The monoisotopic (exact) mass is 353 g/mol. The lowest BCUT2D eigenvalue weighted by molar-refractivity contribution is -0.139. The first-order valence-corrected chi connectivity index (χ1v) is 8.53. The maximum atomic E-state index is 13.0. The Hall–Kier alpha value is -2.59.